The highest BCUT2D eigenvalue weighted by Gasteiger charge is 2.16. The Morgan fingerprint density at radius 2 is 1.79 bits per heavy atom. The van der Waals surface area contributed by atoms with Crippen molar-refractivity contribution in [3.05, 3.63) is 78.1 Å². The van der Waals surface area contributed by atoms with Crippen LogP contribution in [0.15, 0.2) is 66.7 Å². The highest BCUT2D eigenvalue weighted by Crippen LogP contribution is 2.28. The molecule has 0 aliphatic rings. The van der Waals surface area contributed by atoms with E-state index >= 15 is 0 Å². The molecule has 2 unspecified atom stereocenters. The van der Waals surface area contributed by atoms with Crippen LogP contribution < -0.4 is 5.32 Å². The van der Waals surface area contributed by atoms with Crippen molar-refractivity contribution in [1.29, 1.82) is 0 Å². The van der Waals surface area contributed by atoms with Gasteiger partial charge in [-0.25, -0.2) is 4.98 Å². The van der Waals surface area contributed by atoms with E-state index in [1.54, 1.807) is 11.8 Å². The molecule has 3 aromatic carbocycles. The largest absolute Gasteiger partial charge is 0.349 e. The van der Waals surface area contributed by atoms with Crippen LogP contribution in [-0.4, -0.2) is 21.6 Å². The maximum atomic E-state index is 12.5. The lowest BCUT2D eigenvalue weighted by molar-refractivity contribution is -0.119. The fourth-order valence-electron chi connectivity index (χ4n) is 3.43. The summed E-state index contributed by atoms with van der Waals surface area (Å²) in [6, 6.07) is 22.4. The number of carbonyl (C=O) groups excluding carboxylic acids is 1. The fraction of sp³-hybridized carbons (Fsp3) is 0.217. The molecule has 0 radical (unpaired) electrons. The van der Waals surface area contributed by atoms with Gasteiger partial charge in [0.2, 0.25) is 5.91 Å². The summed E-state index contributed by atoms with van der Waals surface area (Å²) in [4.78, 5) is 20.5. The number of nitrogens with zero attached hydrogens (tertiary/aromatic N) is 1. The number of amides is 1. The molecule has 2 N–H and O–H groups in total. The van der Waals surface area contributed by atoms with Gasteiger partial charge in [-0.15, -0.1) is 11.8 Å². The average molecular weight is 390 g/mol. The molecular weight excluding hydrogens is 366 g/mol. The lowest BCUT2D eigenvalue weighted by Gasteiger charge is -2.17. The molecule has 4 nitrogen and oxygen atoms in total. The first kappa shape index (κ1) is 18.6. The normalized spacial score (nSPS) is 13.5. The number of H-pyrrole nitrogens is 1. The lowest BCUT2D eigenvalue weighted by Crippen LogP contribution is -2.28. The Balaban J connectivity index is 1.38. The number of aromatic amines is 1. The van der Waals surface area contributed by atoms with Crippen LogP contribution in [0.4, 0.5) is 0 Å². The van der Waals surface area contributed by atoms with E-state index in [0.29, 0.717) is 5.75 Å². The summed E-state index contributed by atoms with van der Waals surface area (Å²) < 4.78 is 0. The zero-order valence-corrected chi connectivity index (χ0v) is 16.8. The third kappa shape index (κ3) is 3.90. The van der Waals surface area contributed by atoms with E-state index in [2.05, 4.69) is 46.5 Å². The Morgan fingerprint density at radius 1 is 1.04 bits per heavy atom. The third-order valence-electron chi connectivity index (χ3n) is 4.92. The second-order valence-electron chi connectivity index (χ2n) is 6.95. The maximum Gasteiger partial charge on any atom is 0.230 e. The summed E-state index contributed by atoms with van der Waals surface area (Å²) in [6.07, 6.45) is 0. The van der Waals surface area contributed by atoms with Gasteiger partial charge in [-0.2, -0.15) is 0 Å². The molecule has 0 aliphatic carbocycles. The number of thioether (sulfide) groups is 1. The van der Waals surface area contributed by atoms with Crippen LogP contribution in [-0.2, 0) is 4.79 Å². The zero-order chi connectivity index (χ0) is 19.5. The number of hydrogen-bond donors (Lipinski definition) is 2. The Labute approximate surface area is 168 Å². The zero-order valence-electron chi connectivity index (χ0n) is 16.0. The smallest absolute Gasteiger partial charge is 0.230 e. The van der Waals surface area contributed by atoms with E-state index in [1.807, 2.05) is 49.4 Å². The number of hydrogen-bond acceptors (Lipinski definition) is 3. The van der Waals surface area contributed by atoms with Crippen LogP contribution in [0.3, 0.4) is 0 Å². The molecule has 0 fully saturated rings. The maximum absolute atomic E-state index is 12.5. The predicted molar refractivity (Wildman–Crippen MR) is 117 cm³/mol. The number of para-hydroxylation sites is 2. The summed E-state index contributed by atoms with van der Waals surface area (Å²) in [5.41, 5.74) is 3.12. The van der Waals surface area contributed by atoms with Gasteiger partial charge in [0.25, 0.3) is 0 Å². The number of benzene rings is 3. The molecule has 4 rings (SSSR count). The van der Waals surface area contributed by atoms with E-state index in [9.17, 15) is 4.79 Å². The minimum Gasteiger partial charge on any atom is -0.349 e. The summed E-state index contributed by atoms with van der Waals surface area (Å²) in [5, 5.41) is 5.62. The molecule has 2 atom stereocenters. The number of rotatable bonds is 6. The Hall–Kier alpha value is -2.79. The van der Waals surface area contributed by atoms with Crippen LogP contribution >= 0.6 is 11.8 Å². The standard InChI is InChI=1S/C23H23N3OS/c1-15(18-11-7-9-17-8-3-4-10-19(17)18)24-22(27)14-28-16(2)23-25-20-12-5-6-13-21(20)26-23/h3-13,15-16H,14H2,1-2H3,(H,24,27)(H,25,26). The summed E-state index contributed by atoms with van der Waals surface area (Å²) in [7, 11) is 0. The van der Waals surface area contributed by atoms with Gasteiger partial charge in [-0.05, 0) is 42.3 Å². The van der Waals surface area contributed by atoms with Gasteiger partial charge < -0.3 is 10.3 Å². The number of carbonyl (C=O) groups is 1. The number of aromatic nitrogens is 2. The van der Waals surface area contributed by atoms with Gasteiger partial charge in [0.15, 0.2) is 0 Å². The first-order valence-electron chi connectivity index (χ1n) is 9.45. The van der Waals surface area contributed by atoms with Crippen LogP contribution in [0, 0.1) is 0 Å². The minimum atomic E-state index is -0.0410. The molecule has 28 heavy (non-hydrogen) atoms. The molecule has 4 aromatic rings. The minimum absolute atomic E-state index is 0.0356. The van der Waals surface area contributed by atoms with Crippen molar-refractivity contribution in [3.8, 4) is 0 Å². The molecule has 142 valence electrons. The number of imidazole rings is 1. The van der Waals surface area contributed by atoms with Crippen molar-refractivity contribution >= 4 is 39.5 Å². The molecule has 1 aromatic heterocycles. The quantitative estimate of drug-likeness (QED) is 0.465. The highest BCUT2D eigenvalue weighted by atomic mass is 32.2. The van der Waals surface area contributed by atoms with E-state index in [0.717, 1.165) is 22.4 Å². The monoisotopic (exact) mass is 389 g/mol. The topological polar surface area (TPSA) is 57.8 Å². The Bertz CT molecular complexity index is 1080. The predicted octanol–water partition coefficient (Wildman–Crippen LogP) is 5.39. The Kier molecular flexibility index (Phi) is 5.35. The number of fused-ring (bicyclic) bond motifs is 2. The van der Waals surface area contributed by atoms with E-state index in [4.69, 9.17) is 0 Å². The summed E-state index contributed by atoms with van der Waals surface area (Å²) in [5.74, 6) is 1.34. The number of nitrogens with one attached hydrogen (secondary N) is 2. The molecule has 1 heterocycles. The van der Waals surface area contributed by atoms with Gasteiger partial charge in [0.05, 0.1) is 28.1 Å². The molecule has 1 amide bonds. The van der Waals surface area contributed by atoms with Crippen molar-refractivity contribution in [3.63, 3.8) is 0 Å². The molecule has 0 aliphatic heterocycles. The summed E-state index contributed by atoms with van der Waals surface area (Å²) in [6.45, 7) is 4.11. The van der Waals surface area contributed by atoms with Crippen molar-refractivity contribution in [2.75, 3.05) is 5.75 Å². The van der Waals surface area contributed by atoms with Gasteiger partial charge in [-0.1, -0.05) is 54.6 Å². The highest BCUT2D eigenvalue weighted by molar-refractivity contribution is 8.00. The Morgan fingerprint density at radius 3 is 2.64 bits per heavy atom. The second kappa shape index (κ2) is 8.07. The van der Waals surface area contributed by atoms with Crippen LogP contribution in [0.1, 0.15) is 36.5 Å². The summed E-state index contributed by atoms with van der Waals surface area (Å²) >= 11 is 1.59. The van der Waals surface area contributed by atoms with Gasteiger partial charge in [0.1, 0.15) is 5.82 Å². The molecular formula is C23H23N3OS. The van der Waals surface area contributed by atoms with Crippen molar-refractivity contribution in [2.45, 2.75) is 25.1 Å². The van der Waals surface area contributed by atoms with Gasteiger partial charge in [-0.3, -0.25) is 4.79 Å². The van der Waals surface area contributed by atoms with Gasteiger partial charge >= 0.3 is 0 Å². The second-order valence-corrected chi connectivity index (χ2v) is 8.28. The molecule has 0 saturated carbocycles. The first-order chi connectivity index (χ1) is 13.6. The average Bonchev–Trinajstić information content (AvgIpc) is 3.16. The van der Waals surface area contributed by atoms with Crippen molar-refractivity contribution in [2.24, 2.45) is 0 Å². The van der Waals surface area contributed by atoms with Gasteiger partial charge in [0, 0.05) is 0 Å². The van der Waals surface area contributed by atoms with Crippen LogP contribution in [0.25, 0.3) is 21.8 Å². The molecule has 0 spiro atoms. The van der Waals surface area contributed by atoms with E-state index in [-0.39, 0.29) is 17.2 Å². The van der Waals surface area contributed by atoms with E-state index in [1.165, 1.54) is 10.8 Å². The molecule has 0 bridgehead atoms. The lowest BCUT2D eigenvalue weighted by atomic mass is 10.00. The SMILES string of the molecule is CC(NC(=O)CSC(C)c1nc2ccccc2[nH]1)c1cccc2ccccc12. The van der Waals surface area contributed by atoms with Crippen molar-refractivity contribution in [1.82, 2.24) is 15.3 Å². The fourth-order valence-corrected chi connectivity index (χ4v) is 4.19. The van der Waals surface area contributed by atoms with Crippen LogP contribution in [0.2, 0.25) is 0 Å². The van der Waals surface area contributed by atoms with Crippen LogP contribution in [0.5, 0.6) is 0 Å². The molecule has 5 heteroatoms. The first-order valence-corrected chi connectivity index (χ1v) is 10.5. The van der Waals surface area contributed by atoms with Crippen molar-refractivity contribution < 1.29 is 4.79 Å². The third-order valence-corrected chi connectivity index (χ3v) is 6.08. The van der Waals surface area contributed by atoms with E-state index < -0.39 is 0 Å². The molecule has 0 saturated heterocycles.